The van der Waals surface area contributed by atoms with E-state index in [4.69, 9.17) is 24.7 Å². The van der Waals surface area contributed by atoms with Crippen LogP contribution in [0.1, 0.15) is 11.1 Å². The number of benzene rings is 7. The molecule has 0 saturated carbocycles. The van der Waals surface area contributed by atoms with Crippen LogP contribution in [0.3, 0.4) is 0 Å². The molecule has 4 heterocycles. The molecule has 0 bridgehead atoms. The predicted molar refractivity (Wildman–Crippen MR) is 246 cm³/mol. The Bertz CT molecular complexity index is 3380. The molecule has 7 aromatic carbocycles. The fourth-order valence-electron chi connectivity index (χ4n) is 8.37. The van der Waals surface area contributed by atoms with Crippen LogP contribution >= 0.6 is 22.7 Å². The van der Waals surface area contributed by atoms with Crippen LogP contribution < -0.4 is 0 Å². The third kappa shape index (κ3) is 5.89. The van der Waals surface area contributed by atoms with Crippen molar-refractivity contribution in [2.75, 3.05) is 0 Å². The van der Waals surface area contributed by atoms with E-state index in [9.17, 15) is 0 Å². The average Bonchev–Trinajstić information content (AvgIpc) is 4.02. The van der Waals surface area contributed by atoms with E-state index >= 15 is 0 Å². The topological polar surface area (TPSA) is 60.3 Å². The van der Waals surface area contributed by atoms with E-state index in [-0.39, 0.29) is 12.1 Å². The Labute approximate surface area is 348 Å². The van der Waals surface area contributed by atoms with Gasteiger partial charge in [-0.15, -0.1) is 22.7 Å². The lowest BCUT2D eigenvalue weighted by Gasteiger charge is -2.17. The van der Waals surface area contributed by atoms with Crippen molar-refractivity contribution in [2.24, 2.45) is 4.99 Å². The summed E-state index contributed by atoms with van der Waals surface area (Å²) < 4.78 is 11.4. The highest BCUT2D eigenvalue weighted by atomic mass is 32.1. The third-order valence-electron chi connectivity index (χ3n) is 11.3. The van der Waals surface area contributed by atoms with Gasteiger partial charge in [-0.2, -0.15) is 0 Å². The minimum atomic E-state index is -0.118. The second-order valence-corrected chi connectivity index (χ2v) is 17.0. The van der Waals surface area contributed by atoms with Crippen LogP contribution in [0.25, 0.3) is 91.2 Å². The first-order chi connectivity index (χ1) is 29.2. The van der Waals surface area contributed by atoms with Crippen LogP contribution in [-0.2, 0) is 4.74 Å². The second kappa shape index (κ2) is 13.8. The van der Waals surface area contributed by atoms with E-state index in [0.717, 1.165) is 33.4 Å². The first-order valence-electron chi connectivity index (χ1n) is 19.7. The van der Waals surface area contributed by atoms with E-state index in [1.54, 1.807) is 11.3 Å². The molecule has 59 heavy (non-hydrogen) atoms. The zero-order chi connectivity index (χ0) is 38.9. The highest BCUT2D eigenvalue weighted by Crippen LogP contribution is 2.43. The number of thiophene rings is 2. The molecule has 0 radical (unpaired) electrons. The van der Waals surface area contributed by atoms with Gasteiger partial charge in [0.2, 0.25) is 5.90 Å². The summed E-state index contributed by atoms with van der Waals surface area (Å²) in [6.45, 7) is 0. The van der Waals surface area contributed by atoms with E-state index in [1.807, 2.05) is 35.6 Å². The lowest BCUT2D eigenvalue weighted by Crippen LogP contribution is -2.21. The van der Waals surface area contributed by atoms with Crippen LogP contribution in [0.5, 0.6) is 0 Å². The number of allylic oxidation sites excluding steroid dienone is 2. The number of aliphatic imine (C=N–C) groups is 1. The number of hydrogen-bond donors (Lipinski definition) is 0. The summed E-state index contributed by atoms with van der Waals surface area (Å²) >= 11 is 3.60. The standard InChI is InChI=1S/C52H32N4OS2/c1-3-12-31(13-4-1)33-24-26-43-44(30-33)57-52(53-43)36-25-27-46-42(29-36)40-21-10-19-37(47(40)59-46)34-16-9-17-35(28-34)50-54-49(32-14-5-2-6-15-32)55-51(56-50)41-22-11-20-39-38-18-7-8-23-45(38)58-48(39)41/h1-30,43-44H. The molecule has 3 aromatic heterocycles. The summed E-state index contributed by atoms with van der Waals surface area (Å²) in [4.78, 5) is 20.4. The minimum absolute atomic E-state index is 0.0278. The van der Waals surface area contributed by atoms with Crippen LogP contribution in [-0.4, -0.2) is 33.0 Å². The van der Waals surface area contributed by atoms with Gasteiger partial charge in [0, 0.05) is 62.6 Å². The largest absolute Gasteiger partial charge is 0.467 e. The molecule has 0 amide bonds. The number of nitrogens with zero attached hydrogens (tertiary/aromatic N) is 4. The van der Waals surface area contributed by atoms with E-state index in [2.05, 4.69) is 158 Å². The van der Waals surface area contributed by atoms with Gasteiger partial charge in [0.25, 0.3) is 0 Å². The normalized spacial score (nSPS) is 16.1. The molecule has 2 atom stereocenters. The molecule has 1 aliphatic heterocycles. The highest BCUT2D eigenvalue weighted by molar-refractivity contribution is 7.26. The molecular weight excluding hydrogens is 761 g/mol. The maximum atomic E-state index is 6.51. The summed E-state index contributed by atoms with van der Waals surface area (Å²) in [5, 5.41) is 4.87. The number of fused-ring (bicyclic) bond motifs is 7. The average molecular weight is 793 g/mol. The van der Waals surface area contributed by atoms with Gasteiger partial charge in [0.15, 0.2) is 17.5 Å². The van der Waals surface area contributed by atoms with E-state index in [1.165, 1.54) is 51.5 Å². The maximum absolute atomic E-state index is 6.51. The maximum Gasteiger partial charge on any atom is 0.217 e. The van der Waals surface area contributed by atoms with Gasteiger partial charge in [0.1, 0.15) is 12.1 Å². The molecular formula is C52H32N4OS2. The Hall–Kier alpha value is -7.06. The molecule has 7 heteroatoms. The Morgan fingerprint density at radius 1 is 0.441 bits per heavy atom. The van der Waals surface area contributed by atoms with E-state index < -0.39 is 0 Å². The zero-order valence-electron chi connectivity index (χ0n) is 31.5. The zero-order valence-corrected chi connectivity index (χ0v) is 33.1. The Morgan fingerprint density at radius 2 is 1.05 bits per heavy atom. The van der Waals surface area contributed by atoms with Gasteiger partial charge in [-0.25, -0.2) is 19.9 Å². The molecule has 2 unspecified atom stereocenters. The molecule has 10 aromatic rings. The van der Waals surface area contributed by atoms with Crippen molar-refractivity contribution in [3.05, 3.63) is 193 Å². The fraction of sp³-hybridized carbons (Fsp3) is 0.0385. The molecule has 2 aliphatic rings. The second-order valence-electron chi connectivity index (χ2n) is 14.9. The van der Waals surface area contributed by atoms with Crippen LogP contribution in [0.2, 0.25) is 0 Å². The van der Waals surface area contributed by atoms with Crippen LogP contribution in [0, 0.1) is 0 Å². The van der Waals surface area contributed by atoms with Gasteiger partial charge in [-0.05, 0) is 64.7 Å². The van der Waals surface area contributed by atoms with Crippen LogP contribution in [0.4, 0.5) is 0 Å². The molecule has 0 spiro atoms. The highest BCUT2D eigenvalue weighted by Gasteiger charge is 2.31. The molecule has 0 saturated heterocycles. The van der Waals surface area contributed by atoms with Crippen molar-refractivity contribution in [1.82, 2.24) is 15.0 Å². The Morgan fingerprint density at radius 3 is 1.88 bits per heavy atom. The predicted octanol–water partition coefficient (Wildman–Crippen LogP) is 13.4. The Balaban J connectivity index is 0.923. The van der Waals surface area contributed by atoms with Crippen molar-refractivity contribution in [3.63, 3.8) is 0 Å². The minimum Gasteiger partial charge on any atom is -0.467 e. The quantitative estimate of drug-likeness (QED) is 0.168. The lowest BCUT2D eigenvalue weighted by atomic mass is 9.96. The Kier molecular flexibility index (Phi) is 7.96. The third-order valence-corrected chi connectivity index (χ3v) is 13.7. The molecule has 12 rings (SSSR count). The van der Waals surface area contributed by atoms with Crippen LogP contribution in [0.15, 0.2) is 187 Å². The number of rotatable bonds is 6. The van der Waals surface area contributed by atoms with Gasteiger partial charge in [0.05, 0.1) is 0 Å². The molecule has 0 fully saturated rings. The molecule has 1 aliphatic carbocycles. The smallest absolute Gasteiger partial charge is 0.217 e. The molecule has 278 valence electrons. The summed E-state index contributed by atoms with van der Waals surface area (Å²) in [6, 6.07) is 57.4. The number of hydrogen-bond acceptors (Lipinski definition) is 7. The van der Waals surface area contributed by atoms with Gasteiger partial charge < -0.3 is 4.74 Å². The monoisotopic (exact) mass is 792 g/mol. The summed E-state index contributed by atoms with van der Waals surface area (Å²) in [5.74, 6) is 2.64. The summed E-state index contributed by atoms with van der Waals surface area (Å²) in [7, 11) is 0. The number of aromatic nitrogens is 3. The molecule has 0 N–H and O–H groups in total. The van der Waals surface area contributed by atoms with Gasteiger partial charge >= 0.3 is 0 Å². The van der Waals surface area contributed by atoms with Gasteiger partial charge in [-0.3, -0.25) is 0 Å². The fourth-order valence-corrected chi connectivity index (χ4v) is 10.8. The SMILES string of the molecule is C1=CC2N=C(c3ccc4sc5c(-c6cccc(-c7nc(-c8ccccc8)nc(-c8cccc9c8sc8ccccc89)n7)c6)cccc5c4c3)OC2C=C1c1ccccc1. The summed E-state index contributed by atoms with van der Waals surface area (Å²) in [6.07, 6.45) is 6.40. The first-order valence-corrected chi connectivity index (χ1v) is 21.3. The van der Waals surface area contributed by atoms with Crippen molar-refractivity contribution >= 4 is 74.5 Å². The van der Waals surface area contributed by atoms with E-state index in [0.29, 0.717) is 23.4 Å². The van der Waals surface area contributed by atoms with Crippen molar-refractivity contribution in [2.45, 2.75) is 12.1 Å². The summed E-state index contributed by atoms with van der Waals surface area (Å²) in [5.41, 5.74) is 8.51. The van der Waals surface area contributed by atoms with Gasteiger partial charge in [-0.1, -0.05) is 140 Å². The lowest BCUT2D eigenvalue weighted by molar-refractivity contribution is 0.256. The van der Waals surface area contributed by atoms with Crippen molar-refractivity contribution in [1.29, 1.82) is 0 Å². The first kappa shape index (κ1) is 34.0. The van der Waals surface area contributed by atoms with Crippen molar-refractivity contribution in [3.8, 4) is 45.3 Å². The van der Waals surface area contributed by atoms with Crippen molar-refractivity contribution < 1.29 is 4.74 Å². The number of ether oxygens (including phenoxy) is 1. The molecule has 5 nitrogen and oxygen atoms in total.